The summed E-state index contributed by atoms with van der Waals surface area (Å²) in [4.78, 5) is 29.1. The second kappa shape index (κ2) is 7.83. The number of carbonyl (C=O) groups is 2. The van der Waals surface area contributed by atoms with Crippen LogP contribution in [-0.2, 0) is 16.0 Å². The third kappa shape index (κ3) is 3.64. The Balaban J connectivity index is 1.70. The van der Waals surface area contributed by atoms with Crippen molar-refractivity contribution in [1.82, 2.24) is 0 Å². The number of carbonyl (C=O) groups excluding carboxylic acids is 2. The van der Waals surface area contributed by atoms with Gasteiger partial charge in [-0.2, -0.15) is 0 Å². The van der Waals surface area contributed by atoms with E-state index in [0.717, 1.165) is 29.1 Å². The van der Waals surface area contributed by atoms with Crippen LogP contribution in [0.2, 0.25) is 0 Å². The van der Waals surface area contributed by atoms with Crippen LogP contribution < -0.4 is 10.2 Å². The number of hydrogen-bond donors (Lipinski definition) is 1. The monoisotopic (exact) mass is 426 g/mol. The molecule has 0 radical (unpaired) electrons. The number of para-hydroxylation sites is 2. The summed E-state index contributed by atoms with van der Waals surface area (Å²) in [5, 5.41) is 3.51. The second-order valence-electron chi connectivity index (χ2n) is 9.32. The normalized spacial score (nSPS) is 19.6. The van der Waals surface area contributed by atoms with Gasteiger partial charge in [0.2, 0.25) is 5.91 Å². The zero-order chi connectivity index (χ0) is 22.3. The average Bonchev–Trinajstić information content (AvgIpc) is 3.23. The Kier molecular flexibility index (Phi) is 4.97. The fourth-order valence-electron chi connectivity index (χ4n) is 4.83. The van der Waals surface area contributed by atoms with Gasteiger partial charge in [-0.25, -0.2) is 0 Å². The van der Waals surface area contributed by atoms with Crippen molar-refractivity contribution in [2.24, 2.45) is 5.41 Å². The van der Waals surface area contributed by atoms with E-state index in [9.17, 15) is 9.59 Å². The molecule has 32 heavy (non-hydrogen) atoms. The first-order valence-corrected chi connectivity index (χ1v) is 10.9. The van der Waals surface area contributed by atoms with Gasteiger partial charge in [-0.15, -0.1) is 0 Å². The first-order valence-electron chi connectivity index (χ1n) is 10.9. The van der Waals surface area contributed by atoms with E-state index in [4.69, 9.17) is 4.42 Å². The minimum atomic E-state index is -0.615. The summed E-state index contributed by atoms with van der Waals surface area (Å²) in [7, 11) is 0. The number of amides is 1. The maximum absolute atomic E-state index is 13.8. The Morgan fingerprint density at radius 3 is 2.53 bits per heavy atom. The Morgan fingerprint density at radius 2 is 1.78 bits per heavy atom. The molecule has 0 unspecified atom stereocenters. The van der Waals surface area contributed by atoms with Gasteiger partial charge in [-0.1, -0.05) is 56.3 Å². The largest absolute Gasteiger partial charge is 0.467 e. The number of nitrogens with zero attached hydrogens (tertiary/aromatic N) is 1. The molecule has 2 heterocycles. The number of anilines is 2. The topological polar surface area (TPSA) is 62.6 Å². The molecular weight excluding hydrogens is 400 g/mol. The molecule has 5 nitrogen and oxygen atoms in total. The van der Waals surface area contributed by atoms with E-state index in [2.05, 4.69) is 19.2 Å². The molecule has 5 heteroatoms. The van der Waals surface area contributed by atoms with Gasteiger partial charge in [0.25, 0.3) is 0 Å². The molecule has 1 N–H and O–H groups in total. The molecule has 0 fully saturated rings. The van der Waals surface area contributed by atoms with E-state index in [1.807, 2.05) is 60.7 Å². The van der Waals surface area contributed by atoms with E-state index in [1.165, 1.54) is 0 Å². The summed E-state index contributed by atoms with van der Waals surface area (Å²) >= 11 is 0. The number of allylic oxidation sites excluding steroid dienone is 1. The van der Waals surface area contributed by atoms with Crippen LogP contribution in [-0.4, -0.2) is 11.7 Å². The number of benzene rings is 2. The van der Waals surface area contributed by atoms with Crippen LogP contribution in [0.15, 0.2) is 88.7 Å². The van der Waals surface area contributed by atoms with Gasteiger partial charge < -0.3 is 9.73 Å². The van der Waals surface area contributed by atoms with E-state index in [-0.39, 0.29) is 23.5 Å². The lowest BCUT2D eigenvalue weighted by Crippen LogP contribution is -2.40. The molecular formula is C27H26N2O3. The zero-order valence-electron chi connectivity index (χ0n) is 18.3. The fraction of sp³-hybridized carbons (Fsp3) is 0.259. The zero-order valence-corrected chi connectivity index (χ0v) is 18.3. The predicted octanol–water partition coefficient (Wildman–Crippen LogP) is 5.67. The van der Waals surface area contributed by atoms with Crippen molar-refractivity contribution in [2.45, 2.75) is 39.2 Å². The summed E-state index contributed by atoms with van der Waals surface area (Å²) < 4.78 is 5.82. The molecule has 3 aromatic rings. The maximum Gasteiger partial charge on any atom is 0.232 e. The molecule has 0 saturated heterocycles. The molecule has 162 valence electrons. The predicted molar refractivity (Wildman–Crippen MR) is 124 cm³/mol. The smallest absolute Gasteiger partial charge is 0.232 e. The van der Waals surface area contributed by atoms with Gasteiger partial charge in [0.05, 0.1) is 24.1 Å². The van der Waals surface area contributed by atoms with Gasteiger partial charge in [-0.05, 0) is 41.7 Å². The van der Waals surface area contributed by atoms with Gasteiger partial charge in [0.1, 0.15) is 11.8 Å². The van der Waals surface area contributed by atoms with Crippen LogP contribution in [0, 0.1) is 5.41 Å². The third-order valence-electron chi connectivity index (χ3n) is 6.18. The highest BCUT2D eigenvalue weighted by atomic mass is 16.3. The van der Waals surface area contributed by atoms with Crippen LogP contribution in [0.1, 0.15) is 44.1 Å². The Morgan fingerprint density at radius 1 is 1.03 bits per heavy atom. The molecule has 1 amide bonds. The van der Waals surface area contributed by atoms with Crippen molar-refractivity contribution in [3.05, 3.63) is 95.6 Å². The number of rotatable bonds is 3. The Bertz CT molecular complexity index is 1190. The molecule has 0 bridgehead atoms. The van der Waals surface area contributed by atoms with Crippen molar-refractivity contribution in [1.29, 1.82) is 0 Å². The number of ketones is 1. The van der Waals surface area contributed by atoms with Crippen molar-refractivity contribution >= 4 is 23.1 Å². The minimum absolute atomic E-state index is 0.0514. The summed E-state index contributed by atoms with van der Waals surface area (Å²) in [5.74, 6) is 0.555. The number of fused-ring (bicyclic) bond motifs is 1. The van der Waals surface area contributed by atoms with Crippen molar-refractivity contribution in [3.63, 3.8) is 0 Å². The first kappa shape index (κ1) is 20.3. The van der Waals surface area contributed by atoms with Crippen molar-refractivity contribution < 1.29 is 14.0 Å². The lowest BCUT2D eigenvalue weighted by atomic mass is 9.74. The number of nitrogens with one attached hydrogen (secondary N) is 1. The first-order chi connectivity index (χ1) is 15.4. The second-order valence-corrected chi connectivity index (χ2v) is 9.32. The lowest BCUT2D eigenvalue weighted by Gasteiger charge is -2.36. The quantitative estimate of drug-likeness (QED) is 0.587. The summed E-state index contributed by atoms with van der Waals surface area (Å²) in [6.07, 6.45) is 2.98. The van der Waals surface area contributed by atoms with Crippen LogP contribution >= 0.6 is 0 Å². The maximum atomic E-state index is 13.8. The van der Waals surface area contributed by atoms with E-state index in [0.29, 0.717) is 17.8 Å². The van der Waals surface area contributed by atoms with Gasteiger partial charge >= 0.3 is 0 Å². The number of Topliss-reactive ketones (excluding diaryl/α,β-unsaturated/α-hetero) is 1. The van der Waals surface area contributed by atoms with Gasteiger partial charge in [0, 0.05) is 17.7 Å². The van der Waals surface area contributed by atoms with E-state index < -0.39 is 6.04 Å². The van der Waals surface area contributed by atoms with Gasteiger partial charge in [-0.3, -0.25) is 14.5 Å². The molecule has 1 aromatic heterocycles. The molecule has 5 rings (SSSR count). The van der Waals surface area contributed by atoms with E-state index >= 15 is 0 Å². The highest BCUT2D eigenvalue weighted by Gasteiger charge is 2.44. The highest BCUT2D eigenvalue weighted by molar-refractivity contribution is 6.06. The molecule has 0 spiro atoms. The standard InChI is InChI=1S/C27H26N2O3/c1-27(2)16-20-25(22(30)17-27)26(23-13-8-14-32-23)29(21-12-7-6-11-19(21)28-20)24(31)15-18-9-4-3-5-10-18/h3-14,26,28H,15-17H2,1-2H3/t26-/m1/s1. The van der Waals surface area contributed by atoms with Crippen LogP contribution in [0.3, 0.4) is 0 Å². The summed E-state index contributed by atoms with van der Waals surface area (Å²) in [6, 6.07) is 20.5. The minimum Gasteiger partial charge on any atom is -0.467 e. The van der Waals surface area contributed by atoms with Crippen LogP contribution in [0.5, 0.6) is 0 Å². The third-order valence-corrected chi connectivity index (χ3v) is 6.18. The average molecular weight is 427 g/mol. The fourth-order valence-corrected chi connectivity index (χ4v) is 4.83. The van der Waals surface area contributed by atoms with Gasteiger partial charge in [0.15, 0.2) is 5.78 Å². The number of furan rings is 1. The van der Waals surface area contributed by atoms with Crippen LogP contribution in [0.25, 0.3) is 0 Å². The molecule has 1 aliphatic heterocycles. The highest BCUT2D eigenvalue weighted by Crippen LogP contribution is 2.48. The lowest BCUT2D eigenvalue weighted by molar-refractivity contribution is -0.119. The molecule has 2 aliphatic rings. The molecule has 0 saturated carbocycles. The molecule has 2 aromatic carbocycles. The number of hydrogen-bond acceptors (Lipinski definition) is 4. The summed E-state index contributed by atoms with van der Waals surface area (Å²) in [5.41, 5.74) is 3.83. The van der Waals surface area contributed by atoms with Crippen molar-refractivity contribution in [3.8, 4) is 0 Å². The molecule has 1 aliphatic carbocycles. The van der Waals surface area contributed by atoms with Crippen molar-refractivity contribution in [2.75, 3.05) is 10.2 Å². The van der Waals surface area contributed by atoms with Crippen LogP contribution in [0.4, 0.5) is 11.4 Å². The Labute approximate surface area is 187 Å². The SMILES string of the molecule is CC1(C)CC(=O)C2=C(C1)Nc1ccccc1N(C(=O)Cc1ccccc1)[C@@H]2c1ccco1. The summed E-state index contributed by atoms with van der Waals surface area (Å²) in [6.45, 7) is 4.21. The van der Waals surface area contributed by atoms with E-state index in [1.54, 1.807) is 17.2 Å². The molecule has 1 atom stereocenters. The Hall–Kier alpha value is -3.60.